The van der Waals surface area contributed by atoms with E-state index in [1.807, 2.05) is 46.8 Å². The molecular formula is C39H62BBr2O14P2S+. The third-order valence-corrected chi connectivity index (χ3v) is 8.68. The second-order valence-corrected chi connectivity index (χ2v) is 15.3. The lowest BCUT2D eigenvalue weighted by Gasteiger charge is -2.17. The summed E-state index contributed by atoms with van der Waals surface area (Å²) in [5.74, 6) is 3.42. The van der Waals surface area contributed by atoms with Crippen LogP contribution in [0.5, 0.6) is 34.5 Å². The summed E-state index contributed by atoms with van der Waals surface area (Å²) < 4.78 is 65.3. The van der Waals surface area contributed by atoms with E-state index in [4.69, 9.17) is 53.8 Å². The first-order chi connectivity index (χ1) is 28.5. The average Bonchev–Trinajstić information content (AvgIpc) is 3.23. The Morgan fingerprint density at radius 3 is 1.20 bits per heavy atom. The van der Waals surface area contributed by atoms with E-state index < -0.39 is 14.1 Å². The third kappa shape index (κ3) is 24.1. The summed E-state index contributed by atoms with van der Waals surface area (Å²) in [6.45, 7) is 14.5. The summed E-state index contributed by atoms with van der Waals surface area (Å²) >= 11 is 11.1. The molecule has 0 heterocycles. The van der Waals surface area contributed by atoms with Gasteiger partial charge in [-0.25, -0.2) is 0 Å². The number of hydrogen-bond acceptors (Lipinski definition) is 15. The fourth-order valence-electron chi connectivity index (χ4n) is 4.46. The van der Waals surface area contributed by atoms with Crippen LogP contribution in [0.1, 0.15) is 51.3 Å². The fourth-order valence-corrected chi connectivity index (χ4v) is 5.57. The van der Waals surface area contributed by atoms with Gasteiger partial charge in [0.1, 0.15) is 43.4 Å². The summed E-state index contributed by atoms with van der Waals surface area (Å²) in [6, 6.07) is 10.7. The number of hydrogen-bond donors (Lipinski definition) is 3. The molecule has 0 aliphatic rings. The molecule has 3 aromatic rings. The van der Waals surface area contributed by atoms with E-state index in [9.17, 15) is 10.0 Å². The van der Waals surface area contributed by atoms with Crippen LogP contribution in [-0.2, 0) is 55.3 Å². The third-order valence-electron chi connectivity index (χ3n) is 7.11. The molecule has 59 heavy (non-hydrogen) atoms. The predicted octanol–water partition coefficient (Wildman–Crippen LogP) is 7.69. The van der Waals surface area contributed by atoms with Gasteiger partial charge in [-0.05, 0) is 120 Å². The molecule has 20 heteroatoms. The minimum Gasteiger partial charge on any atom is -0.502 e. The monoisotopic (exact) mass is 1020 g/mol. The molecular weight excluding hydrogens is 957 g/mol. The van der Waals surface area contributed by atoms with Gasteiger partial charge in [0.15, 0.2) is 31.4 Å². The molecule has 3 rings (SSSR count). The minimum absolute atomic E-state index is 0.0278. The number of rotatable bonds is 20. The van der Waals surface area contributed by atoms with Gasteiger partial charge in [0.2, 0.25) is 0 Å². The van der Waals surface area contributed by atoms with Gasteiger partial charge in [-0.2, -0.15) is 0 Å². The molecule has 0 fully saturated rings. The summed E-state index contributed by atoms with van der Waals surface area (Å²) in [4.78, 5) is 0. The molecule has 4 unspecified atom stereocenters. The maximum atomic E-state index is 9.37. The number of methoxy groups -OCH3 is 6. The van der Waals surface area contributed by atoms with Crippen molar-refractivity contribution in [2.45, 2.75) is 67.0 Å². The lowest BCUT2D eigenvalue weighted by molar-refractivity contribution is -0.134. The maximum Gasteiger partial charge on any atom is 0.496 e. The van der Waals surface area contributed by atoms with E-state index in [1.165, 1.54) is 20.5 Å². The van der Waals surface area contributed by atoms with Crippen molar-refractivity contribution in [1.82, 2.24) is 0 Å². The Morgan fingerprint density at radius 1 is 0.678 bits per heavy atom. The van der Waals surface area contributed by atoms with E-state index in [1.54, 1.807) is 52.7 Å². The fraction of sp³-hybridized carbons (Fsp3) is 0.487. The molecule has 0 aliphatic heterocycles. The molecule has 334 valence electrons. The molecule has 0 radical (unpaired) electrons. The second kappa shape index (κ2) is 36.4. The molecule has 0 spiro atoms. The SMILES string of the molecule is C=COCC.CCOC(C)OCc1cc(OC)c(B(O)O)c(OC)c1.CCOC(C)OCc1cc(OC)c(Br)c(OC)c1.COc1cc(CO)cc(OC)c1Br.[3H][P+](P)=S. The highest BCUT2D eigenvalue weighted by Gasteiger charge is 2.23. The van der Waals surface area contributed by atoms with Gasteiger partial charge < -0.3 is 67.3 Å². The van der Waals surface area contributed by atoms with Crippen LogP contribution in [0, 0.1) is 0 Å². The largest absolute Gasteiger partial charge is 0.502 e. The highest BCUT2D eigenvalue weighted by Crippen LogP contribution is 2.36. The summed E-state index contributed by atoms with van der Waals surface area (Å²) in [6.07, 6.45) is 0.885. The Balaban J connectivity index is 0. The Labute approximate surface area is 377 Å². The van der Waals surface area contributed by atoms with Crippen LogP contribution in [0.3, 0.4) is 0 Å². The van der Waals surface area contributed by atoms with Gasteiger partial charge in [0.25, 0.3) is 0 Å². The quantitative estimate of drug-likeness (QED) is 0.0437. The van der Waals surface area contributed by atoms with Crippen molar-refractivity contribution >= 4 is 72.2 Å². The Morgan fingerprint density at radius 2 is 0.983 bits per heavy atom. The zero-order valence-corrected chi connectivity index (χ0v) is 41.8. The molecule has 0 saturated heterocycles. The van der Waals surface area contributed by atoms with Gasteiger partial charge in [0, 0.05) is 13.2 Å². The van der Waals surface area contributed by atoms with E-state index in [-0.39, 0.29) is 24.6 Å². The second-order valence-electron chi connectivity index (χ2n) is 11.0. The molecule has 4 atom stereocenters. The Hall–Kier alpha value is -2.31. The summed E-state index contributed by atoms with van der Waals surface area (Å²) in [5.41, 5.74) is 2.71. The Kier molecular flexibility index (Phi) is 34.9. The van der Waals surface area contributed by atoms with Crippen molar-refractivity contribution in [1.29, 1.82) is 1.28 Å². The van der Waals surface area contributed by atoms with Crippen molar-refractivity contribution in [2.24, 2.45) is 0 Å². The van der Waals surface area contributed by atoms with Crippen molar-refractivity contribution < 1.29 is 67.3 Å². The standard InChI is InChI=1S/C13H21BO6.C13H19BrO4.C9H11BrO3.C4H8O.H2P2S/c1-5-19-9(2)20-8-10-6-11(17-3)13(14(15)16)12(7-10)18-4;1-5-17-9(2)18-8-10-6-11(15-3)13(14)12(7-10)16-4;1-12-7-3-6(5-11)4-8(13-2)9(7)10;1-3-5-4-2;1-2-3/h6-7,9,15-16H,5,8H2,1-4H3;6-7,9H,5,8H2,1-4H3;3-4,11H,5H2,1-2H3;3H,1,4H2,2H3;1H2/p+1/i/hT. The van der Waals surface area contributed by atoms with Crippen molar-refractivity contribution in [2.75, 3.05) is 62.5 Å². The van der Waals surface area contributed by atoms with E-state index >= 15 is 0 Å². The first-order valence-corrected chi connectivity index (χ1v) is 23.1. The van der Waals surface area contributed by atoms with E-state index in [0.717, 1.165) is 43.7 Å². The van der Waals surface area contributed by atoms with Gasteiger partial charge in [-0.1, -0.05) is 6.58 Å². The number of benzene rings is 3. The molecule has 0 aromatic heterocycles. The smallest absolute Gasteiger partial charge is 0.496 e. The van der Waals surface area contributed by atoms with E-state index in [2.05, 4.69) is 63.9 Å². The zero-order chi connectivity index (χ0) is 46.2. The molecule has 3 N–H and O–H groups in total. The number of halogens is 2. The van der Waals surface area contributed by atoms with Crippen LogP contribution in [0.15, 0.2) is 58.2 Å². The first-order valence-electron chi connectivity index (χ1n) is 18.4. The summed E-state index contributed by atoms with van der Waals surface area (Å²) in [5, 5.41) is 27.7. The number of ether oxygens (including phenoxy) is 11. The molecule has 0 saturated carbocycles. The number of aliphatic hydroxyl groups excluding tert-OH is 1. The van der Waals surface area contributed by atoms with Crippen LogP contribution >= 0.6 is 47.8 Å². The number of aliphatic hydroxyl groups is 1. The van der Waals surface area contributed by atoms with Crippen LogP contribution in [-0.4, -0.2) is 98.6 Å². The topological polar surface area (TPSA) is 162 Å². The first kappa shape index (κ1) is 56.7. The van der Waals surface area contributed by atoms with Crippen LogP contribution in [0.2, 0.25) is 0 Å². The van der Waals surface area contributed by atoms with Gasteiger partial charge >= 0.3 is 8.40 Å². The van der Waals surface area contributed by atoms with Crippen LogP contribution in [0.25, 0.3) is 0 Å². The predicted molar refractivity (Wildman–Crippen MR) is 249 cm³/mol. The maximum absolute atomic E-state index is 9.37. The normalized spacial score (nSPS) is 11.3. The van der Waals surface area contributed by atoms with Crippen LogP contribution in [0.4, 0.5) is 0 Å². The van der Waals surface area contributed by atoms with Gasteiger partial charge in [-0.3, -0.25) is 0 Å². The van der Waals surface area contributed by atoms with E-state index in [0.29, 0.717) is 49.4 Å². The molecule has 0 bridgehead atoms. The van der Waals surface area contributed by atoms with Crippen molar-refractivity contribution in [3.05, 3.63) is 74.9 Å². The molecule has 3 aromatic carbocycles. The highest BCUT2D eigenvalue weighted by atomic mass is 79.9. The Bertz CT molecular complexity index is 1570. The lowest BCUT2D eigenvalue weighted by Crippen LogP contribution is -2.32. The van der Waals surface area contributed by atoms with Crippen LogP contribution < -0.4 is 33.9 Å². The van der Waals surface area contributed by atoms with Crippen molar-refractivity contribution in [3.63, 3.8) is 0 Å². The minimum atomic E-state index is -1.67. The molecule has 0 amide bonds. The lowest BCUT2D eigenvalue weighted by atomic mass is 9.78. The summed E-state index contributed by atoms with van der Waals surface area (Å²) in [7, 11) is 9.82. The van der Waals surface area contributed by atoms with Gasteiger partial charge in [-0.15, -0.1) is 0 Å². The zero-order valence-electron chi connectivity index (χ0n) is 36.7. The van der Waals surface area contributed by atoms with Crippen molar-refractivity contribution in [3.8, 4) is 34.5 Å². The molecule has 14 nitrogen and oxygen atoms in total. The average molecular weight is 1020 g/mol. The highest BCUT2D eigenvalue weighted by molar-refractivity contribution is 9.11. The van der Waals surface area contributed by atoms with Gasteiger partial charge in [0.05, 0.1) is 89.7 Å². The molecule has 0 aliphatic carbocycles.